The minimum Gasteiger partial charge on any atom is -0.468 e. The molecule has 1 aliphatic heterocycles. The summed E-state index contributed by atoms with van der Waals surface area (Å²) < 4.78 is 46.5. The number of aromatic nitrogens is 2. The Morgan fingerprint density at radius 3 is 3.25 bits per heavy atom. The summed E-state index contributed by atoms with van der Waals surface area (Å²) in [5.41, 5.74) is 0. The smallest absolute Gasteiger partial charge is 0.233 e. The highest BCUT2D eigenvalue weighted by Gasteiger charge is 2.20. The number of hydrogen-bond donors (Lipinski definition) is 0. The van der Waals surface area contributed by atoms with Gasteiger partial charge in [-0.2, -0.15) is 0 Å². The van der Waals surface area contributed by atoms with Crippen molar-refractivity contribution in [2.75, 3.05) is 13.1 Å². The van der Waals surface area contributed by atoms with Crippen molar-refractivity contribution in [3.63, 3.8) is 0 Å². The average molecular weight is 236 g/mol. The summed E-state index contributed by atoms with van der Waals surface area (Å²) in [7, 11) is 0. The standard InChI is InChI=1S/C7H7BrN2O2/c8-6-1-9-2-7(10-6)12-5-3-11-4-5/h1-2,5H,3-4H2/i3D2,4D2,5D. The van der Waals surface area contributed by atoms with Crippen LogP contribution in [0.2, 0.25) is 0 Å². The lowest BCUT2D eigenvalue weighted by Crippen LogP contribution is -2.38. The summed E-state index contributed by atoms with van der Waals surface area (Å²) in [6, 6.07) is 0. The van der Waals surface area contributed by atoms with Gasteiger partial charge in [0.05, 0.1) is 32.4 Å². The minimum absolute atomic E-state index is 0.162. The fourth-order valence-corrected chi connectivity index (χ4v) is 0.907. The van der Waals surface area contributed by atoms with Gasteiger partial charge in [-0.1, -0.05) is 0 Å². The molecule has 0 spiro atoms. The molecule has 12 heavy (non-hydrogen) atoms. The minimum atomic E-state index is -2.56. The third-order valence-electron chi connectivity index (χ3n) is 1.08. The van der Waals surface area contributed by atoms with Crippen LogP contribution in [0, 0.1) is 0 Å². The summed E-state index contributed by atoms with van der Waals surface area (Å²) in [6.07, 6.45) is 0.0189. The molecule has 5 heteroatoms. The Hall–Kier alpha value is -0.680. The lowest BCUT2D eigenvalue weighted by atomic mass is 10.3. The van der Waals surface area contributed by atoms with E-state index in [0.29, 0.717) is 4.60 Å². The van der Waals surface area contributed by atoms with Gasteiger partial charge in [0, 0.05) is 0 Å². The van der Waals surface area contributed by atoms with Crippen LogP contribution < -0.4 is 4.74 Å². The maximum Gasteiger partial charge on any atom is 0.233 e. The Bertz CT molecular complexity index is 444. The largest absolute Gasteiger partial charge is 0.468 e. The zero-order valence-electron chi connectivity index (χ0n) is 10.7. The Kier molecular flexibility index (Phi) is 1.13. The van der Waals surface area contributed by atoms with Crippen LogP contribution in [0.5, 0.6) is 5.88 Å². The number of hydrogen-bond acceptors (Lipinski definition) is 4. The van der Waals surface area contributed by atoms with E-state index in [9.17, 15) is 0 Å². The fourth-order valence-electron chi connectivity index (χ4n) is 0.614. The average Bonchev–Trinajstić information content (AvgIpc) is 2.15. The Morgan fingerprint density at radius 2 is 2.58 bits per heavy atom. The third kappa shape index (κ3) is 1.73. The van der Waals surface area contributed by atoms with Crippen LogP contribution in [0.3, 0.4) is 0 Å². The van der Waals surface area contributed by atoms with Gasteiger partial charge in [-0.25, -0.2) is 4.98 Å². The Morgan fingerprint density at radius 1 is 1.75 bits per heavy atom. The van der Waals surface area contributed by atoms with Crippen molar-refractivity contribution in [2.24, 2.45) is 0 Å². The summed E-state index contributed by atoms with van der Waals surface area (Å²) >= 11 is 3.03. The van der Waals surface area contributed by atoms with Crippen LogP contribution in [0.15, 0.2) is 17.0 Å². The van der Waals surface area contributed by atoms with E-state index < -0.39 is 19.2 Å². The molecule has 0 N–H and O–H groups in total. The first-order chi connectivity index (χ1) is 7.68. The summed E-state index contributed by atoms with van der Waals surface area (Å²) in [4.78, 5) is 7.51. The van der Waals surface area contributed by atoms with Gasteiger partial charge in [-0.05, 0) is 15.9 Å². The molecule has 2 heterocycles. The van der Waals surface area contributed by atoms with E-state index in [1.165, 1.54) is 6.20 Å². The third-order valence-corrected chi connectivity index (χ3v) is 1.46. The highest BCUT2D eigenvalue weighted by Crippen LogP contribution is 2.14. The van der Waals surface area contributed by atoms with E-state index in [1.807, 2.05) is 0 Å². The van der Waals surface area contributed by atoms with Gasteiger partial charge >= 0.3 is 0 Å². The molecule has 0 aliphatic carbocycles. The Labute approximate surface area is 85.1 Å². The molecule has 0 bridgehead atoms. The van der Waals surface area contributed by atoms with Gasteiger partial charge < -0.3 is 9.47 Å². The second-order valence-electron chi connectivity index (χ2n) is 1.92. The van der Waals surface area contributed by atoms with E-state index >= 15 is 0 Å². The molecule has 1 aromatic rings. The molecule has 2 rings (SSSR count). The number of nitrogens with zero attached hydrogens (tertiary/aromatic N) is 2. The zero-order chi connectivity index (χ0) is 12.9. The first-order valence-electron chi connectivity index (χ1n) is 5.55. The van der Waals surface area contributed by atoms with Crippen LogP contribution in [-0.4, -0.2) is 29.2 Å². The fraction of sp³-hybridized carbons (Fsp3) is 0.429. The maximum atomic E-state index is 7.69. The van der Waals surface area contributed by atoms with Gasteiger partial charge in [0.25, 0.3) is 0 Å². The van der Waals surface area contributed by atoms with Crippen LogP contribution in [0.4, 0.5) is 0 Å². The van der Waals surface area contributed by atoms with E-state index in [-0.39, 0.29) is 5.88 Å². The molecule has 1 saturated heterocycles. The molecule has 0 atom stereocenters. The molecule has 1 fully saturated rings. The molecule has 0 amide bonds. The van der Waals surface area contributed by atoms with Gasteiger partial charge in [0.1, 0.15) is 10.7 Å². The lowest BCUT2D eigenvalue weighted by molar-refractivity contribution is -0.0815. The molecular formula is C7H7BrN2O2. The first kappa shape index (κ1) is 4.02. The van der Waals surface area contributed by atoms with Crippen molar-refractivity contribution in [3.8, 4) is 5.88 Å². The summed E-state index contributed by atoms with van der Waals surface area (Å²) in [5, 5.41) is 0. The van der Waals surface area contributed by atoms with E-state index in [4.69, 9.17) is 11.6 Å². The molecule has 0 aromatic carbocycles. The zero-order valence-corrected chi connectivity index (χ0v) is 7.33. The monoisotopic (exact) mass is 235 g/mol. The SMILES string of the molecule is [2H]C1([2H])OC([2H])([2H])C1([2H])Oc1cncc(Br)n1. The molecule has 1 aromatic heterocycles. The number of halogens is 1. The molecule has 1 aliphatic rings. The number of ether oxygens (including phenoxy) is 2. The summed E-state index contributed by atoms with van der Waals surface area (Å²) in [6.45, 7) is -5.11. The quantitative estimate of drug-likeness (QED) is 0.768. The van der Waals surface area contributed by atoms with Crippen molar-refractivity contribution in [2.45, 2.75) is 6.08 Å². The molecule has 4 nitrogen and oxygen atoms in total. The van der Waals surface area contributed by atoms with Crippen molar-refractivity contribution < 1.29 is 16.3 Å². The molecular weight excluding hydrogens is 224 g/mol. The topological polar surface area (TPSA) is 44.2 Å². The van der Waals surface area contributed by atoms with E-state index in [1.54, 1.807) is 0 Å². The van der Waals surface area contributed by atoms with Crippen molar-refractivity contribution in [1.29, 1.82) is 0 Å². The predicted octanol–water partition coefficient (Wildman–Crippen LogP) is 1.02. The van der Waals surface area contributed by atoms with Gasteiger partial charge in [-0.15, -0.1) is 0 Å². The predicted molar refractivity (Wildman–Crippen MR) is 45.0 cm³/mol. The van der Waals surface area contributed by atoms with Crippen molar-refractivity contribution in [3.05, 3.63) is 17.0 Å². The molecule has 64 valence electrons. The second kappa shape index (κ2) is 3.37. The number of rotatable bonds is 2. The van der Waals surface area contributed by atoms with Crippen molar-refractivity contribution >= 4 is 15.9 Å². The van der Waals surface area contributed by atoms with Gasteiger partial charge in [0.2, 0.25) is 5.88 Å². The van der Waals surface area contributed by atoms with Crippen molar-refractivity contribution in [1.82, 2.24) is 9.97 Å². The highest BCUT2D eigenvalue weighted by atomic mass is 79.9. The Balaban J connectivity index is 2.28. The van der Waals surface area contributed by atoms with E-state index in [0.717, 1.165) is 6.20 Å². The highest BCUT2D eigenvalue weighted by molar-refractivity contribution is 9.10. The lowest BCUT2D eigenvalue weighted by Gasteiger charge is -2.25. The molecule has 0 unspecified atom stereocenters. The van der Waals surface area contributed by atoms with Gasteiger partial charge in [0.15, 0.2) is 0 Å². The van der Waals surface area contributed by atoms with E-state index in [2.05, 4.69) is 30.6 Å². The summed E-state index contributed by atoms with van der Waals surface area (Å²) in [5.74, 6) is -0.162. The molecule has 0 saturated carbocycles. The maximum absolute atomic E-state index is 7.69. The molecule has 0 radical (unpaired) electrons. The van der Waals surface area contributed by atoms with Crippen LogP contribution in [0.1, 0.15) is 6.85 Å². The van der Waals surface area contributed by atoms with Crippen LogP contribution in [0.25, 0.3) is 0 Å². The normalized spacial score (nSPS) is 34.2. The van der Waals surface area contributed by atoms with Gasteiger partial charge in [-0.3, -0.25) is 4.98 Å². The first-order valence-corrected chi connectivity index (χ1v) is 3.84. The van der Waals surface area contributed by atoms with Crippen LogP contribution >= 0.6 is 15.9 Å². The van der Waals surface area contributed by atoms with Crippen LogP contribution in [-0.2, 0) is 4.74 Å². The second-order valence-corrected chi connectivity index (χ2v) is 2.73.